The number of hydrogen-bond donors (Lipinski definition) is 1. The molecule has 1 aromatic carbocycles. The van der Waals surface area contributed by atoms with Crippen molar-refractivity contribution in [2.45, 2.75) is 65.3 Å². The summed E-state index contributed by atoms with van der Waals surface area (Å²) in [6.07, 6.45) is 8.83. The molecule has 1 aliphatic rings. The van der Waals surface area contributed by atoms with Gasteiger partial charge in [0.15, 0.2) is 0 Å². The normalized spacial score (nSPS) is 16.5. The van der Waals surface area contributed by atoms with Gasteiger partial charge in [0.2, 0.25) is 5.91 Å². The fraction of sp³-hybridized carbons (Fsp3) is 0.500. The molecule has 1 saturated carbocycles. The number of aryl methyl sites for hydroxylation is 2. The Bertz CT molecular complexity index is 824. The van der Waals surface area contributed by atoms with E-state index in [0.717, 1.165) is 52.0 Å². The van der Waals surface area contributed by atoms with Crippen LogP contribution in [0.4, 0.5) is 0 Å². The highest BCUT2D eigenvalue weighted by atomic mass is 16.5. The third kappa shape index (κ3) is 3.95. The predicted octanol–water partition coefficient (Wildman–Crippen LogP) is 5.30. The second kappa shape index (κ2) is 7.98. The third-order valence-corrected chi connectivity index (χ3v) is 5.47. The predicted molar refractivity (Wildman–Crippen MR) is 106 cm³/mol. The molecule has 26 heavy (non-hydrogen) atoms. The number of benzene rings is 1. The molecule has 0 unspecified atom stereocenters. The van der Waals surface area contributed by atoms with Crippen molar-refractivity contribution in [1.82, 2.24) is 5.32 Å². The summed E-state index contributed by atoms with van der Waals surface area (Å²) in [5.74, 6) is 1.62. The number of furan rings is 1. The maximum atomic E-state index is 12.5. The van der Waals surface area contributed by atoms with E-state index in [2.05, 4.69) is 18.3 Å². The monoisotopic (exact) mass is 355 g/mol. The molecule has 1 fully saturated rings. The second-order valence-corrected chi connectivity index (χ2v) is 7.36. The van der Waals surface area contributed by atoms with Crippen LogP contribution < -0.4 is 10.1 Å². The summed E-state index contributed by atoms with van der Waals surface area (Å²) in [4.78, 5) is 12.5. The number of fused-ring (bicyclic) bond motifs is 1. The number of allylic oxidation sites excluding steroid dienone is 1. The Morgan fingerprint density at radius 2 is 1.88 bits per heavy atom. The molecule has 1 heterocycles. The smallest absolute Gasteiger partial charge is 0.244 e. The van der Waals surface area contributed by atoms with E-state index >= 15 is 0 Å². The molecule has 0 spiro atoms. The van der Waals surface area contributed by atoms with E-state index in [9.17, 15) is 4.79 Å². The van der Waals surface area contributed by atoms with E-state index in [0.29, 0.717) is 6.04 Å². The number of ether oxygens (including phenoxy) is 1. The van der Waals surface area contributed by atoms with Gasteiger partial charge in [-0.05, 0) is 50.8 Å². The average molecular weight is 355 g/mol. The summed E-state index contributed by atoms with van der Waals surface area (Å²) in [7, 11) is 1.65. The highest BCUT2D eigenvalue weighted by molar-refractivity contribution is 5.97. The number of carbonyl (C=O) groups excluding carboxylic acids is 1. The van der Waals surface area contributed by atoms with Gasteiger partial charge in [-0.3, -0.25) is 4.79 Å². The molecule has 0 radical (unpaired) electrons. The maximum Gasteiger partial charge on any atom is 0.244 e. The zero-order valence-electron chi connectivity index (χ0n) is 16.3. The topological polar surface area (TPSA) is 51.5 Å². The molecule has 1 amide bonds. The molecule has 1 N–H and O–H groups in total. The number of nitrogens with one attached hydrogen (secondary N) is 1. The molecule has 140 valence electrons. The molecule has 0 bridgehead atoms. The first-order valence-electron chi connectivity index (χ1n) is 9.56. The Balaban J connectivity index is 1.85. The van der Waals surface area contributed by atoms with E-state index in [4.69, 9.17) is 9.15 Å². The first-order chi connectivity index (χ1) is 12.5. The van der Waals surface area contributed by atoms with Crippen LogP contribution in [0, 0.1) is 13.8 Å². The summed E-state index contributed by atoms with van der Waals surface area (Å²) in [6, 6.07) is 4.27. The maximum absolute atomic E-state index is 12.5. The Hall–Kier alpha value is -2.23. The SMILES string of the molecule is COc1cc2oc(C)c(C)c2cc1/C(C)=C/C(=O)NC1CCCCCC1. The number of amides is 1. The van der Waals surface area contributed by atoms with E-state index in [1.165, 1.54) is 25.7 Å². The molecule has 0 saturated heterocycles. The van der Waals surface area contributed by atoms with Gasteiger partial charge in [-0.2, -0.15) is 0 Å². The molecule has 4 heteroatoms. The van der Waals surface area contributed by atoms with Crippen molar-refractivity contribution < 1.29 is 13.9 Å². The van der Waals surface area contributed by atoms with Crippen molar-refractivity contribution in [2.24, 2.45) is 0 Å². The quantitative estimate of drug-likeness (QED) is 0.598. The number of carbonyl (C=O) groups is 1. The van der Waals surface area contributed by atoms with Crippen molar-refractivity contribution in [2.75, 3.05) is 7.11 Å². The van der Waals surface area contributed by atoms with E-state index in [1.807, 2.05) is 19.9 Å². The number of methoxy groups -OCH3 is 1. The van der Waals surface area contributed by atoms with Gasteiger partial charge < -0.3 is 14.5 Å². The molecule has 3 rings (SSSR count). The van der Waals surface area contributed by atoms with Gasteiger partial charge in [-0.25, -0.2) is 0 Å². The van der Waals surface area contributed by atoms with Crippen LogP contribution in [0.5, 0.6) is 5.75 Å². The molecular formula is C22H29NO3. The van der Waals surface area contributed by atoms with Crippen molar-refractivity contribution >= 4 is 22.4 Å². The Morgan fingerprint density at radius 3 is 2.54 bits per heavy atom. The highest BCUT2D eigenvalue weighted by Crippen LogP contribution is 2.34. The average Bonchev–Trinajstić information content (AvgIpc) is 2.79. The summed E-state index contributed by atoms with van der Waals surface area (Å²) < 4.78 is 11.3. The van der Waals surface area contributed by atoms with Crippen LogP contribution in [0.15, 0.2) is 22.6 Å². The summed E-state index contributed by atoms with van der Waals surface area (Å²) in [5.41, 5.74) is 3.77. The highest BCUT2D eigenvalue weighted by Gasteiger charge is 2.16. The first kappa shape index (κ1) is 18.6. The Labute approximate surface area is 155 Å². The minimum absolute atomic E-state index is 0.0170. The molecule has 1 aromatic heterocycles. The van der Waals surface area contributed by atoms with Crippen molar-refractivity contribution in [3.63, 3.8) is 0 Å². The van der Waals surface area contributed by atoms with Crippen LogP contribution in [0.1, 0.15) is 62.3 Å². The minimum Gasteiger partial charge on any atom is -0.496 e. The third-order valence-electron chi connectivity index (χ3n) is 5.47. The largest absolute Gasteiger partial charge is 0.496 e. The Kier molecular flexibility index (Phi) is 5.70. The number of rotatable bonds is 4. The van der Waals surface area contributed by atoms with Crippen LogP contribution in [0.2, 0.25) is 0 Å². The van der Waals surface area contributed by atoms with Gasteiger partial charge in [0, 0.05) is 29.1 Å². The van der Waals surface area contributed by atoms with Crippen molar-refractivity contribution in [1.29, 1.82) is 0 Å². The molecule has 1 aliphatic carbocycles. The van der Waals surface area contributed by atoms with Gasteiger partial charge in [0.25, 0.3) is 0 Å². The summed E-state index contributed by atoms with van der Waals surface area (Å²) in [6.45, 7) is 5.97. The van der Waals surface area contributed by atoms with Gasteiger partial charge in [-0.15, -0.1) is 0 Å². The standard InChI is InChI=1S/C22H29NO3/c1-14(11-22(24)23-17-9-7-5-6-8-10-17)18-12-19-15(2)16(3)26-21(19)13-20(18)25-4/h11-13,17H,5-10H2,1-4H3,(H,23,24)/b14-11+. The van der Waals surface area contributed by atoms with E-state index < -0.39 is 0 Å². The van der Waals surface area contributed by atoms with Crippen LogP contribution >= 0.6 is 0 Å². The van der Waals surface area contributed by atoms with E-state index in [1.54, 1.807) is 13.2 Å². The summed E-state index contributed by atoms with van der Waals surface area (Å²) in [5, 5.41) is 4.24. The lowest BCUT2D eigenvalue weighted by Gasteiger charge is -2.15. The molecular weight excluding hydrogens is 326 g/mol. The van der Waals surface area contributed by atoms with E-state index in [-0.39, 0.29) is 5.91 Å². The minimum atomic E-state index is -0.0170. The van der Waals surface area contributed by atoms with Crippen LogP contribution in [-0.2, 0) is 4.79 Å². The van der Waals surface area contributed by atoms with Crippen molar-refractivity contribution in [3.8, 4) is 5.75 Å². The van der Waals surface area contributed by atoms with Crippen LogP contribution in [-0.4, -0.2) is 19.1 Å². The molecule has 0 atom stereocenters. The van der Waals surface area contributed by atoms with Crippen LogP contribution in [0.3, 0.4) is 0 Å². The lowest BCUT2D eigenvalue weighted by molar-refractivity contribution is -0.117. The molecule has 4 nitrogen and oxygen atoms in total. The second-order valence-electron chi connectivity index (χ2n) is 7.36. The fourth-order valence-corrected chi connectivity index (χ4v) is 3.79. The lowest BCUT2D eigenvalue weighted by Crippen LogP contribution is -2.33. The summed E-state index contributed by atoms with van der Waals surface area (Å²) >= 11 is 0. The first-order valence-corrected chi connectivity index (χ1v) is 9.56. The van der Waals surface area contributed by atoms with Gasteiger partial charge in [0.1, 0.15) is 17.1 Å². The van der Waals surface area contributed by atoms with Gasteiger partial charge >= 0.3 is 0 Å². The van der Waals surface area contributed by atoms with Crippen LogP contribution in [0.25, 0.3) is 16.5 Å². The zero-order chi connectivity index (χ0) is 18.7. The van der Waals surface area contributed by atoms with Gasteiger partial charge in [-0.1, -0.05) is 25.7 Å². The zero-order valence-corrected chi connectivity index (χ0v) is 16.3. The molecule has 0 aliphatic heterocycles. The lowest BCUT2D eigenvalue weighted by atomic mass is 10.0. The molecule has 2 aromatic rings. The van der Waals surface area contributed by atoms with Gasteiger partial charge in [0.05, 0.1) is 7.11 Å². The Morgan fingerprint density at radius 1 is 1.19 bits per heavy atom. The number of hydrogen-bond acceptors (Lipinski definition) is 3. The van der Waals surface area contributed by atoms with Crippen molar-refractivity contribution in [3.05, 3.63) is 35.1 Å². The fourth-order valence-electron chi connectivity index (χ4n) is 3.79.